The van der Waals surface area contributed by atoms with Gasteiger partial charge >= 0.3 is 0 Å². The summed E-state index contributed by atoms with van der Waals surface area (Å²) in [5.74, 6) is -1.23. The molecule has 0 saturated heterocycles. The molecule has 0 spiro atoms. The van der Waals surface area contributed by atoms with Gasteiger partial charge in [-0.15, -0.1) is 0 Å². The van der Waals surface area contributed by atoms with Crippen molar-refractivity contribution in [1.29, 1.82) is 0 Å². The predicted octanol–water partition coefficient (Wildman–Crippen LogP) is 16.0. The summed E-state index contributed by atoms with van der Waals surface area (Å²) in [5, 5.41) is 1.40. The Kier molecular flexibility index (Phi) is 5.80. The molecule has 0 unspecified atom stereocenters. The summed E-state index contributed by atoms with van der Waals surface area (Å²) in [6.07, 6.45) is -3.98. The molecule has 0 radical (unpaired) electrons. The van der Waals surface area contributed by atoms with Crippen LogP contribution in [0, 0.1) is 6.33 Å². The molecule has 0 bridgehead atoms. The Hall–Kier alpha value is -8.09. The Bertz CT molecular complexity index is 4870. The second-order valence-corrected chi connectivity index (χ2v) is 19.0. The molecule has 1 aliphatic carbocycles. The van der Waals surface area contributed by atoms with Crippen molar-refractivity contribution in [3.63, 3.8) is 0 Å². The Morgan fingerprint density at radius 1 is 0.634 bits per heavy atom. The maximum absolute atomic E-state index is 9.82. The maximum Gasteiger partial charge on any atom is 0.271 e. The van der Waals surface area contributed by atoms with Crippen LogP contribution in [-0.4, -0.2) is 19.1 Å². The highest BCUT2D eigenvalue weighted by molar-refractivity contribution is 6.09. The van der Waals surface area contributed by atoms with Gasteiger partial charge < -0.3 is 4.74 Å². The van der Waals surface area contributed by atoms with Crippen molar-refractivity contribution in [2.75, 3.05) is 0 Å². The molecule has 0 amide bonds. The van der Waals surface area contributed by atoms with Crippen molar-refractivity contribution in [1.82, 2.24) is 19.1 Å². The van der Waals surface area contributed by atoms with Gasteiger partial charge in [-0.1, -0.05) is 182 Å². The van der Waals surface area contributed by atoms with Crippen molar-refractivity contribution < 1.29 is 38.1 Å². The van der Waals surface area contributed by atoms with Gasteiger partial charge in [0.1, 0.15) is 17.3 Å². The van der Waals surface area contributed by atoms with Crippen LogP contribution in [0.2, 0.25) is 0 Å². The summed E-state index contributed by atoms with van der Waals surface area (Å²) in [5.41, 5.74) is -5.48. The molecule has 71 heavy (non-hydrogen) atoms. The lowest BCUT2D eigenvalue weighted by atomic mass is 9.65. The minimum absolute atomic E-state index is 0.102. The summed E-state index contributed by atoms with van der Waals surface area (Å²) < 4.78 is 207. The number of rotatable bonds is 5. The molecule has 1 aliphatic heterocycles. The molecule has 0 atom stereocenters. The Balaban J connectivity index is 1.22. The topological polar surface area (TPSA) is 48.8 Å². The van der Waals surface area contributed by atoms with Crippen LogP contribution in [0.15, 0.2) is 182 Å². The number of hydrogen-bond acceptors (Lipinski definition) is 3. The van der Waals surface area contributed by atoms with Gasteiger partial charge in [-0.3, -0.25) is 18.7 Å². The minimum atomic E-state index is -4.49. The maximum atomic E-state index is 9.82. The number of fused-ring (bicyclic) bond motifs is 11. The second kappa shape index (κ2) is 15.7. The largest absolute Gasteiger partial charge is 0.457 e. The molecular formula is C65H55N5O. The smallest absolute Gasteiger partial charge is 0.271 e. The summed E-state index contributed by atoms with van der Waals surface area (Å²) in [6.45, 7) is -10.7. The first-order chi connectivity index (χ1) is 43.0. The average Bonchev–Trinajstić information content (AvgIpc) is 0.728. The van der Waals surface area contributed by atoms with Crippen LogP contribution in [0.5, 0.6) is 11.5 Å². The molecule has 2 aliphatic rings. The van der Waals surface area contributed by atoms with E-state index in [1.54, 1.807) is 53.2 Å². The molecule has 4 aromatic heterocycles. The fourth-order valence-corrected chi connectivity index (χ4v) is 10.2. The molecule has 11 aromatic rings. The van der Waals surface area contributed by atoms with E-state index in [4.69, 9.17) is 18.8 Å². The van der Waals surface area contributed by atoms with Crippen LogP contribution in [0.4, 0.5) is 0 Å². The lowest BCUT2D eigenvalue weighted by Crippen LogP contribution is -2.36. The fourth-order valence-electron chi connectivity index (χ4n) is 10.2. The Morgan fingerprint density at radius 2 is 1.27 bits per heavy atom. The first kappa shape index (κ1) is 26.2. The van der Waals surface area contributed by atoms with E-state index in [-0.39, 0.29) is 39.0 Å². The zero-order chi connectivity index (χ0) is 66.3. The van der Waals surface area contributed by atoms with E-state index in [0.29, 0.717) is 44.5 Å². The van der Waals surface area contributed by atoms with Gasteiger partial charge in [-0.05, 0) is 104 Å². The molecular weight excluding hydrogens is 867 g/mol. The van der Waals surface area contributed by atoms with Crippen LogP contribution in [0.1, 0.15) is 107 Å². The van der Waals surface area contributed by atoms with E-state index in [2.05, 4.69) is 6.33 Å². The number of aromatic nitrogens is 5. The third kappa shape index (κ3) is 6.79. The zero-order valence-electron chi connectivity index (χ0n) is 59.6. The van der Waals surface area contributed by atoms with Gasteiger partial charge in [0.15, 0.2) is 5.82 Å². The van der Waals surface area contributed by atoms with E-state index in [1.165, 1.54) is 16.7 Å². The molecule has 5 heterocycles. The first-order valence-corrected chi connectivity index (χ1v) is 23.1. The molecule has 0 N–H and O–H groups in total. The van der Waals surface area contributed by atoms with Gasteiger partial charge in [0.25, 0.3) is 6.33 Å². The molecule has 6 nitrogen and oxygen atoms in total. The highest BCUT2D eigenvalue weighted by Crippen LogP contribution is 2.51. The SMILES string of the molecule is [2H]c1c([2H])c([2H])c(-c2cccc3c2-[n+]2[c-]n(-c4cc(Oc5ccc6c7ccccc7n(-c7cc(C(C)(C)C)ccn7)c6c5)c5c(n4)C(C([2H])([2H])[2H])(C([2H])([2H])[2H])C([2H])([2H])C([2H])([2H])C5(C([2H])([2H])[2H])C([2H])([2H])[2H])c4cccc(c42)-c2ccccc2-c2ccccc2-3)c([2H])c1[2H]. The van der Waals surface area contributed by atoms with Crippen molar-refractivity contribution in [2.24, 2.45) is 0 Å². The highest BCUT2D eigenvalue weighted by Gasteiger charge is 2.42. The summed E-state index contributed by atoms with van der Waals surface area (Å²) in [4.78, 5) is 9.55. The zero-order valence-corrected chi connectivity index (χ0v) is 38.6. The summed E-state index contributed by atoms with van der Waals surface area (Å²) >= 11 is 0. The minimum Gasteiger partial charge on any atom is -0.457 e. The van der Waals surface area contributed by atoms with Gasteiger partial charge in [-0.25, -0.2) is 4.98 Å². The van der Waals surface area contributed by atoms with E-state index >= 15 is 0 Å². The Morgan fingerprint density at radius 3 is 2.03 bits per heavy atom. The number of hydrogen-bond donors (Lipinski definition) is 0. The van der Waals surface area contributed by atoms with Gasteiger partial charge in [0.2, 0.25) is 0 Å². The second-order valence-electron chi connectivity index (χ2n) is 19.0. The van der Waals surface area contributed by atoms with E-state index in [9.17, 15) is 24.7 Å². The van der Waals surface area contributed by atoms with Crippen molar-refractivity contribution >= 4 is 32.8 Å². The third-order valence-electron chi connectivity index (χ3n) is 13.5. The van der Waals surface area contributed by atoms with Crippen molar-refractivity contribution in [3.05, 3.63) is 205 Å². The van der Waals surface area contributed by atoms with Crippen LogP contribution in [0.25, 0.3) is 94.7 Å². The van der Waals surface area contributed by atoms with Crippen LogP contribution in [-0.2, 0) is 16.2 Å². The monoisotopic (exact) mass is 943 g/mol. The van der Waals surface area contributed by atoms with Crippen LogP contribution < -0.4 is 9.30 Å². The van der Waals surface area contributed by atoms with Crippen molar-refractivity contribution in [2.45, 2.75) is 77.2 Å². The summed E-state index contributed by atoms with van der Waals surface area (Å²) in [6, 6.07) is 38.8. The average molecular weight is 943 g/mol. The number of pyridine rings is 2. The molecule has 13 rings (SSSR count). The number of nitrogens with zero attached hydrogens (tertiary/aromatic N) is 5. The highest BCUT2D eigenvalue weighted by atomic mass is 16.5. The molecule has 0 saturated carbocycles. The molecule has 6 heteroatoms. The normalized spacial score (nSPS) is 21.0. The lowest BCUT2D eigenvalue weighted by Gasteiger charge is -2.41. The van der Waals surface area contributed by atoms with Gasteiger partial charge in [-0.2, -0.15) is 0 Å². The summed E-state index contributed by atoms with van der Waals surface area (Å²) in [7, 11) is 0. The predicted molar refractivity (Wildman–Crippen MR) is 289 cm³/mol. The lowest BCUT2D eigenvalue weighted by molar-refractivity contribution is -0.570. The Labute approximate surface area is 445 Å². The molecule has 346 valence electrons. The fraction of sp³-hybridized carbons (Fsp3) is 0.185. The van der Waals surface area contributed by atoms with E-state index in [0.717, 1.165) is 28.1 Å². The number of imidazole rings is 1. The quantitative estimate of drug-likeness (QED) is 0.128. The third-order valence-corrected chi connectivity index (χ3v) is 13.5. The van der Waals surface area contributed by atoms with Crippen LogP contribution >= 0.6 is 0 Å². The number of ether oxygens (including phenoxy) is 1. The number of benzene rings is 7. The van der Waals surface area contributed by atoms with Gasteiger partial charge in [0.05, 0.1) is 34.6 Å². The first-order valence-electron chi connectivity index (χ1n) is 33.6. The standard InChI is InChI=1S/C65H55N5O/c1-63(2,3)42-33-36-66-57(37-42)70-53-29-16-15-25-49(53)50-32-31-43(38-55(50)70)71-56-39-58(67-62-59(56)64(4,5)34-35-65(62,6)7)68-40-69-60-44(41-19-9-8-10-20-41)26-17-27-51(60)47-23-13-11-21-45(47)46-22-12-14-24-48(46)52-28-18-30-54(68)61(52)69/h8-33,36-39H,34-35H2,1-7H3/i4D3,5D3,6D3,7D3,8D,9D,10D,19D,20D,34D2,35D2. The molecule has 0 fully saturated rings. The van der Waals surface area contributed by atoms with Crippen LogP contribution in [0.3, 0.4) is 0 Å². The number of para-hydroxylation sites is 3. The molecule has 7 aromatic carbocycles. The van der Waals surface area contributed by atoms with Gasteiger partial charge in [0, 0.05) is 67.7 Å². The van der Waals surface area contributed by atoms with E-state index < -0.39 is 104 Å². The van der Waals surface area contributed by atoms with E-state index in [1.807, 2.05) is 110 Å². The van der Waals surface area contributed by atoms with Crippen molar-refractivity contribution in [3.8, 4) is 73.3 Å².